The third-order valence-corrected chi connectivity index (χ3v) is 5.14. The summed E-state index contributed by atoms with van der Waals surface area (Å²) in [6.07, 6.45) is 1.78. The van der Waals surface area contributed by atoms with Crippen molar-refractivity contribution in [2.24, 2.45) is 0 Å². The molecule has 6 heteroatoms. The van der Waals surface area contributed by atoms with E-state index in [2.05, 4.69) is 34.3 Å². The van der Waals surface area contributed by atoms with Crippen molar-refractivity contribution in [3.8, 4) is 5.69 Å². The van der Waals surface area contributed by atoms with Crippen molar-refractivity contribution < 1.29 is 4.79 Å². The lowest BCUT2D eigenvalue weighted by atomic mass is 10.2. The third-order valence-electron chi connectivity index (χ3n) is 4.82. The molecule has 1 aromatic heterocycles. The topological polar surface area (TPSA) is 41.4 Å². The number of amides is 1. The highest BCUT2D eigenvalue weighted by atomic mass is 35.5. The first-order valence-electron chi connectivity index (χ1n) is 9.07. The predicted octanol–water partition coefficient (Wildman–Crippen LogP) is 3.48. The monoisotopic (exact) mass is 380 g/mol. The van der Waals surface area contributed by atoms with E-state index >= 15 is 0 Å². The van der Waals surface area contributed by atoms with Gasteiger partial charge in [-0.1, -0.05) is 54.1 Å². The van der Waals surface area contributed by atoms with Gasteiger partial charge in [-0.25, -0.2) is 4.68 Å². The SMILES string of the molecule is O=C(c1ccn(-c2ccccc2Cl)n1)N1CCN(Cc2ccccc2)CC1. The Hall–Kier alpha value is -2.63. The van der Waals surface area contributed by atoms with Crippen LogP contribution >= 0.6 is 11.6 Å². The van der Waals surface area contributed by atoms with E-state index in [0.29, 0.717) is 23.8 Å². The van der Waals surface area contributed by atoms with Gasteiger partial charge in [0.1, 0.15) is 0 Å². The number of para-hydroxylation sites is 1. The average molecular weight is 381 g/mol. The second kappa shape index (κ2) is 7.94. The molecule has 1 aliphatic rings. The minimum absolute atomic E-state index is 0.0276. The van der Waals surface area contributed by atoms with E-state index in [-0.39, 0.29) is 5.91 Å². The Bertz CT molecular complexity index is 917. The van der Waals surface area contributed by atoms with Crippen molar-refractivity contribution >= 4 is 17.5 Å². The molecule has 1 aliphatic heterocycles. The fourth-order valence-electron chi connectivity index (χ4n) is 3.32. The van der Waals surface area contributed by atoms with Crippen LogP contribution in [0.2, 0.25) is 5.02 Å². The minimum Gasteiger partial charge on any atom is -0.335 e. The Kier molecular flexibility index (Phi) is 5.23. The molecule has 0 unspecified atom stereocenters. The molecule has 2 heterocycles. The summed E-state index contributed by atoms with van der Waals surface area (Å²) in [5, 5.41) is 5.04. The number of aromatic nitrogens is 2. The quantitative estimate of drug-likeness (QED) is 0.695. The van der Waals surface area contributed by atoms with Gasteiger partial charge in [0.15, 0.2) is 5.69 Å². The molecule has 0 aliphatic carbocycles. The number of hydrogen-bond acceptors (Lipinski definition) is 3. The molecule has 3 aromatic rings. The van der Waals surface area contributed by atoms with E-state index in [0.717, 1.165) is 25.3 Å². The van der Waals surface area contributed by atoms with Crippen LogP contribution in [0.1, 0.15) is 16.1 Å². The number of carbonyl (C=O) groups excluding carboxylic acids is 1. The van der Waals surface area contributed by atoms with E-state index in [1.807, 2.05) is 35.2 Å². The van der Waals surface area contributed by atoms with Crippen molar-refractivity contribution in [1.82, 2.24) is 19.6 Å². The molecular weight excluding hydrogens is 360 g/mol. The molecule has 0 spiro atoms. The molecule has 1 fully saturated rings. The fraction of sp³-hybridized carbons (Fsp3) is 0.238. The zero-order chi connectivity index (χ0) is 18.6. The molecule has 0 saturated carbocycles. The van der Waals surface area contributed by atoms with Crippen LogP contribution in [-0.4, -0.2) is 51.7 Å². The Labute approximate surface area is 163 Å². The van der Waals surface area contributed by atoms with Gasteiger partial charge in [0.2, 0.25) is 0 Å². The molecule has 27 heavy (non-hydrogen) atoms. The summed E-state index contributed by atoms with van der Waals surface area (Å²) < 4.78 is 1.65. The standard InChI is InChI=1S/C21H21ClN4O/c22-18-8-4-5-9-20(18)26-11-10-19(23-26)21(27)25-14-12-24(13-15-25)16-17-6-2-1-3-7-17/h1-11H,12-16H2. The van der Waals surface area contributed by atoms with Crippen LogP contribution < -0.4 is 0 Å². The highest BCUT2D eigenvalue weighted by Gasteiger charge is 2.24. The van der Waals surface area contributed by atoms with Gasteiger partial charge < -0.3 is 4.90 Å². The van der Waals surface area contributed by atoms with Crippen LogP contribution in [0.5, 0.6) is 0 Å². The first-order valence-corrected chi connectivity index (χ1v) is 9.44. The predicted molar refractivity (Wildman–Crippen MR) is 106 cm³/mol. The summed E-state index contributed by atoms with van der Waals surface area (Å²) in [5.41, 5.74) is 2.52. The maximum atomic E-state index is 12.8. The van der Waals surface area contributed by atoms with E-state index in [4.69, 9.17) is 11.6 Å². The van der Waals surface area contributed by atoms with Gasteiger partial charge in [-0.05, 0) is 23.8 Å². The van der Waals surface area contributed by atoms with E-state index in [1.54, 1.807) is 16.9 Å². The molecule has 0 N–H and O–H groups in total. The molecule has 2 aromatic carbocycles. The normalized spacial score (nSPS) is 15.1. The molecule has 5 nitrogen and oxygen atoms in total. The van der Waals surface area contributed by atoms with Gasteiger partial charge >= 0.3 is 0 Å². The summed E-state index contributed by atoms with van der Waals surface area (Å²) in [7, 11) is 0. The van der Waals surface area contributed by atoms with Gasteiger partial charge in [-0.3, -0.25) is 9.69 Å². The molecule has 1 saturated heterocycles. The molecule has 138 valence electrons. The zero-order valence-electron chi connectivity index (χ0n) is 15.0. The number of rotatable bonds is 4. The molecule has 0 atom stereocenters. The molecular formula is C21H21ClN4O. The molecule has 0 radical (unpaired) electrons. The summed E-state index contributed by atoms with van der Waals surface area (Å²) in [6, 6.07) is 19.6. The maximum Gasteiger partial charge on any atom is 0.274 e. The summed E-state index contributed by atoms with van der Waals surface area (Å²) >= 11 is 6.22. The van der Waals surface area contributed by atoms with Crippen LogP contribution in [0.15, 0.2) is 66.9 Å². The van der Waals surface area contributed by atoms with Crippen molar-refractivity contribution in [2.45, 2.75) is 6.54 Å². The smallest absolute Gasteiger partial charge is 0.274 e. The molecule has 1 amide bonds. The number of benzene rings is 2. The van der Waals surface area contributed by atoms with Crippen molar-refractivity contribution in [3.63, 3.8) is 0 Å². The second-order valence-corrected chi connectivity index (χ2v) is 7.06. The lowest BCUT2D eigenvalue weighted by Gasteiger charge is -2.34. The first-order chi connectivity index (χ1) is 13.2. The highest BCUT2D eigenvalue weighted by Crippen LogP contribution is 2.19. The summed E-state index contributed by atoms with van der Waals surface area (Å²) in [6.45, 7) is 4.08. The van der Waals surface area contributed by atoms with Crippen molar-refractivity contribution in [1.29, 1.82) is 0 Å². The van der Waals surface area contributed by atoms with Gasteiger partial charge in [-0.2, -0.15) is 5.10 Å². The lowest BCUT2D eigenvalue weighted by molar-refractivity contribution is 0.0622. The highest BCUT2D eigenvalue weighted by molar-refractivity contribution is 6.32. The summed E-state index contributed by atoms with van der Waals surface area (Å²) in [4.78, 5) is 17.0. The van der Waals surface area contributed by atoms with Gasteiger partial charge in [0, 0.05) is 38.9 Å². The van der Waals surface area contributed by atoms with Crippen LogP contribution in [-0.2, 0) is 6.54 Å². The second-order valence-electron chi connectivity index (χ2n) is 6.65. The van der Waals surface area contributed by atoms with E-state index in [9.17, 15) is 4.79 Å². The largest absolute Gasteiger partial charge is 0.335 e. The number of carbonyl (C=O) groups is 1. The molecule has 4 rings (SSSR count). The van der Waals surface area contributed by atoms with Crippen LogP contribution in [0.25, 0.3) is 5.69 Å². The number of hydrogen-bond donors (Lipinski definition) is 0. The minimum atomic E-state index is -0.0276. The Morgan fingerprint density at radius 2 is 1.63 bits per heavy atom. The fourth-order valence-corrected chi connectivity index (χ4v) is 3.54. The van der Waals surface area contributed by atoms with Crippen LogP contribution in [0.3, 0.4) is 0 Å². The summed E-state index contributed by atoms with van der Waals surface area (Å²) in [5.74, 6) is -0.0276. The number of piperazine rings is 1. The lowest BCUT2D eigenvalue weighted by Crippen LogP contribution is -2.48. The van der Waals surface area contributed by atoms with Crippen LogP contribution in [0.4, 0.5) is 0 Å². The Balaban J connectivity index is 1.38. The Morgan fingerprint density at radius 1 is 0.926 bits per heavy atom. The van der Waals surface area contributed by atoms with Crippen molar-refractivity contribution in [2.75, 3.05) is 26.2 Å². The van der Waals surface area contributed by atoms with Crippen LogP contribution in [0, 0.1) is 0 Å². The van der Waals surface area contributed by atoms with Crippen molar-refractivity contribution in [3.05, 3.63) is 83.1 Å². The van der Waals surface area contributed by atoms with Gasteiger partial charge in [0.05, 0.1) is 10.7 Å². The number of nitrogens with zero attached hydrogens (tertiary/aromatic N) is 4. The van der Waals surface area contributed by atoms with Gasteiger partial charge in [-0.15, -0.1) is 0 Å². The first kappa shape index (κ1) is 17.8. The zero-order valence-corrected chi connectivity index (χ0v) is 15.7. The average Bonchev–Trinajstić information content (AvgIpc) is 3.19. The Morgan fingerprint density at radius 3 is 2.37 bits per heavy atom. The third kappa shape index (κ3) is 4.04. The number of halogens is 1. The molecule has 0 bridgehead atoms. The van der Waals surface area contributed by atoms with E-state index < -0.39 is 0 Å². The maximum absolute atomic E-state index is 12.8. The van der Waals surface area contributed by atoms with Gasteiger partial charge in [0.25, 0.3) is 5.91 Å². The van der Waals surface area contributed by atoms with E-state index in [1.165, 1.54) is 5.56 Å².